The van der Waals surface area contributed by atoms with E-state index in [4.69, 9.17) is 0 Å². The molecule has 9 atom stereocenters. The van der Waals surface area contributed by atoms with Crippen molar-refractivity contribution in [3.8, 4) is 0 Å². The molecule has 5 aliphatic carbocycles. The summed E-state index contributed by atoms with van der Waals surface area (Å²) in [6.07, 6.45) is 15.6. The smallest absolute Gasteiger partial charge is 0.0634 e. The molecule has 31 heavy (non-hydrogen) atoms. The molecule has 2 heteroatoms. The maximum atomic E-state index is 11.7. The van der Waals surface area contributed by atoms with Crippen LogP contribution in [0.1, 0.15) is 105 Å². The molecular weight excluding hydrogens is 380 g/mol. The van der Waals surface area contributed by atoms with Crippen LogP contribution in [0.2, 0.25) is 0 Å². The number of hydrogen-bond acceptors (Lipinski definition) is 2. The van der Waals surface area contributed by atoms with Crippen LogP contribution in [-0.4, -0.2) is 22.4 Å². The number of fused-ring (bicyclic) bond motifs is 6. The highest BCUT2D eigenvalue weighted by molar-refractivity contribution is 5.37. The molecule has 4 saturated carbocycles. The van der Waals surface area contributed by atoms with Crippen molar-refractivity contribution in [1.82, 2.24) is 0 Å². The minimum atomic E-state index is -0.172. The van der Waals surface area contributed by atoms with Gasteiger partial charge in [-0.2, -0.15) is 0 Å². The van der Waals surface area contributed by atoms with Crippen LogP contribution in [0.25, 0.3) is 0 Å². The fourth-order valence-electron chi connectivity index (χ4n) is 9.97. The van der Waals surface area contributed by atoms with Gasteiger partial charge >= 0.3 is 0 Å². The molecule has 4 fully saturated rings. The third-order valence-corrected chi connectivity index (χ3v) is 11.5. The Bertz CT molecular complexity index is 720. The van der Waals surface area contributed by atoms with Crippen molar-refractivity contribution in [3.05, 3.63) is 11.6 Å². The number of rotatable bonds is 5. The maximum Gasteiger partial charge on any atom is 0.0634 e. The van der Waals surface area contributed by atoms with E-state index in [-0.39, 0.29) is 23.0 Å². The van der Waals surface area contributed by atoms with Gasteiger partial charge in [0, 0.05) is 5.41 Å². The van der Waals surface area contributed by atoms with Crippen molar-refractivity contribution < 1.29 is 10.2 Å². The first-order chi connectivity index (χ1) is 14.6. The average Bonchev–Trinajstić information content (AvgIpc) is 3.40. The Hall–Kier alpha value is -0.340. The van der Waals surface area contributed by atoms with Gasteiger partial charge in [0.05, 0.1) is 12.2 Å². The van der Waals surface area contributed by atoms with Crippen LogP contribution in [0, 0.1) is 51.8 Å². The van der Waals surface area contributed by atoms with Gasteiger partial charge in [-0.3, -0.25) is 0 Å². The molecule has 5 aliphatic rings. The van der Waals surface area contributed by atoms with E-state index < -0.39 is 0 Å². The molecule has 0 unspecified atom stereocenters. The maximum absolute atomic E-state index is 11.7. The number of aliphatic hydroxyl groups excluding tert-OH is 2. The molecule has 0 amide bonds. The molecule has 2 nitrogen and oxygen atoms in total. The molecule has 5 rings (SSSR count). The quantitative estimate of drug-likeness (QED) is 0.475. The Labute approximate surface area is 191 Å². The van der Waals surface area contributed by atoms with Crippen molar-refractivity contribution >= 4 is 0 Å². The Morgan fingerprint density at radius 1 is 1.00 bits per heavy atom. The molecule has 0 saturated heterocycles. The van der Waals surface area contributed by atoms with Crippen LogP contribution < -0.4 is 0 Å². The van der Waals surface area contributed by atoms with E-state index in [9.17, 15) is 10.2 Å². The van der Waals surface area contributed by atoms with E-state index in [0.29, 0.717) is 17.3 Å². The predicted octanol–water partition coefficient (Wildman–Crippen LogP) is 6.75. The van der Waals surface area contributed by atoms with Gasteiger partial charge in [0.1, 0.15) is 0 Å². The zero-order valence-electron chi connectivity index (χ0n) is 20.9. The average molecular weight is 429 g/mol. The van der Waals surface area contributed by atoms with E-state index in [2.05, 4.69) is 40.7 Å². The first-order valence-corrected chi connectivity index (χ1v) is 13.7. The minimum Gasteiger partial charge on any atom is -0.393 e. The van der Waals surface area contributed by atoms with E-state index in [1.807, 2.05) is 0 Å². The normalized spacial score (nSPS) is 48.7. The number of allylic oxidation sites excluding steroid dienone is 1. The van der Waals surface area contributed by atoms with Gasteiger partial charge in [0.25, 0.3) is 0 Å². The number of aliphatic hydroxyl groups is 2. The molecule has 2 N–H and O–H groups in total. The van der Waals surface area contributed by atoms with Crippen LogP contribution in [0.4, 0.5) is 0 Å². The summed E-state index contributed by atoms with van der Waals surface area (Å²) in [5.41, 5.74) is 2.06. The third kappa shape index (κ3) is 3.24. The Morgan fingerprint density at radius 3 is 2.42 bits per heavy atom. The molecule has 0 heterocycles. The summed E-state index contributed by atoms with van der Waals surface area (Å²) in [5, 5.41) is 22.5. The summed E-state index contributed by atoms with van der Waals surface area (Å²) >= 11 is 0. The fraction of sp³-hybridized carbons (Fsp3) is 0.931. The van der Waals surface area contributed by atoms with Gasteiger partial charge < -0.3 is 10.2 Å². The molecular formula is C29H48O2. The molecule has 0 bridgehead atoms. The molecule has 1 spiro atoms. The van der Waals surface area contributed by atoms with Crippen LogP contribution in [0.15, 0.2) is 11.6 Å². The van der Waals surface area contributed by atoms with Crippen molar-refractivity contribution in [3.63, 3.8) is 0 Å². The van der Waals surface area contributed by atoms with E-state index >= 15 is 0 Å². The van der Waals surface area contributed by atoms with Crippen LogP contribution >= 0.6 is 0 Å². The highest BCUT2D eigenvalue weighted by Gasteiger charge is 2.67. The lowest BCUT2D eigenvalue weighted by atomic mass is 9.44. The molecule has 0 aromatic carbocycles. The van der Waals surface area contributed by atoms with Gasteiger partial charge in [-0.25, -0.2) is 0 Å². The second-order valence-electron chi connectivity index (χ2n) is 13.5. The molecule has 0 radical (unpaired) electrons. The van der Waals surface area contributed by atoms with Gasteiger partial charge in [-0.1, -0.05) is 65.5 Å². The first-order valence-electron chi connectivity index (χ1n) is 13.7. The van der Waals surface area contributed by atoms with Crippen LogP contribution in [0.5, 0.6) is 0 Å². The summed E-state index contributed by atoms with van der Waals surface area (Å²) in [7, 11) is 0. The lowest BCUT2D eigenvalue weighted by Gasteiger charge is -2.61. The largest absolute Gasteiger partial charge is 0.393 e. The lowest BCUT2D eigenvalue weighted by molar-refractivity contribution is -0.135. The predicted molar refractivity (Wildman–Crippen MR) is 127 cm³/mol. The van der Waals surface area contributed by atoms with E-state index in [1.54, 1.807) is 5.57 Å². The van der Waals surface area contributed by atoms with Crippen molar-refractivity contribution in [1.29, 1.82) is 0 Å². The van der Waals surface area contributed by atoms with E-state index in [1.165, 1.54) is 44.9 Å². The van der Waals surface area contributed by atoms with Gasteiger partial charge in [-0.05, 0) is 97.7 Å². The summed E-state index contributed by atoms with van der Waals surface area (Å²) in [4.78, 5) is 0. The Kier molecular flexibility index (Phi) is 5.50. The van der Waals surface area contributed by atoms with Gasteiger partial charge in [-0.15, -0.1) is 0 Å². The van der Waals surface area contributed by atoms with Gasteiger partial charge in [0.15, 0.2) is 0 Å². The summed E-state index contributed by atoms with van der Waals surface area (Å²) in [5.74, 6) is 4.19. The molecule has 0 aromatic rings. The summed E-state index contributed by atoms with van der Waals surface area (Å²) in [6.45, 7) is 12.2. The van der Waals surface area contributed by atoms with E-state index in [0.717, 1.165) is 49.4 Å². The second kappa shape index (κ2) is 7.59. The van der Waals surface area contributed by atoms with Gasteiger partial charge in [0.2, 0.25) is 0 Å². The molecule has 0 aliphatic heterocycles. The minimum absolute atomic E-state index is 0.0849. The standard InChI is InChI=1S/C29H48O2/c1-18(2)7-6-8-19(3)21-10-11-22-20-9-12-24-27(4,14-13-25(31)29(24)15-16-29)26(20)23(30)17-28(21,22)5/h12,18-23,25-26,30-31H,6-11,13-17H2,1-5H3/t19-,20+,21-,22+,23-,25-,26-,27+,28-/m1/s1. The Morgan fingerprint density at radius 2 is 1.74 bits per heavy atom. The topological polar surface area (TPSA) is 40.5 Å². The number of hydrogen-bond donors (Lipinski definition) is 2. The SMILES string of the molecule is CC(C)CCC[C@@H](C)[C@H]1CC[C@H]2[C@@H]3CC=C4C5(CC5)[C@H](O)CC[C@]4(C)[C@H]3[C@H](O)C[C@]12C. The monoisotopic (exact) mass is 428 g/mol. The van der Waals surface area contributed by atoms with Crippen LogP contribution in [0.3, 0.4) is 0 Å². The fourth-order valence-corrected chi connectivity index (χ4v) is 9.97. The highest BCUT2D eigenvalue weighted by Crippen LogP contribution is 2.72. The molecule has 0 aromatic heterocycles. The Balaban J connectivity index is 1.39. The van der Waals surface area contributed by atoms with Crippen LogP contribution in [-0.2, 0) is 0 Å². The zero-order valence-corrected chi connectivity index (χ0v) is 20.9. The zero-order chi connectivity index (χ0) is 22.2. The lowest BCUT2D eigenvalue weighted by Crippen LogP contribution is -2.58. The van der Waals surface area contributed by atoms with Crippen molar-refractivity contribution in [2.75, 3.05) is 0 Å². The summed E-state index contributed by atoms with van der Waals surface area (Å²) in [6, 6.07) is 0. The first kappa shape index (κ1) is 22.5. The molecule has 176 valence electrons. The van der Waals surface area contributed by atoms with Crippen molar-refractivity contribution in [2.45, 2.75) is 117 Å². The third-order valence-electron chi connectivity index (χ3n) is 11.5. The van der Waals surface area contributed by atoms with Crippen molar-refractivity contribution in [2.24, 2.45) is 51.8 Å². The highest BCUT2D eigenvalue weighted by atomic mass is 16.3. The summed E-state index contributed by atoms with van der Waals surface area (Å²) < 4.78 is 0. The second-order valence-corrected chi connectivity index (χ2v) is 13.5.